The third-order valence-corrected chi connectivity index (χ3v) is 7.46. The number of halogens is 1. The van der Waals surface area contributed by atoms with Crippen molar-refractivity contribution >= 4 is 44.7 Å². The Labute approximate surface area is 206 Å². The molecule has 1 saturated carbocycles. The molecule has 3 aromatic rings. The average Bonchev–Trinajstić information content (AvgIpc) is 2.88. The summed E-state index contributed by atoms with van der Waals surface area (Å²) >= 11 is 3.56. The highest BCUT2D eigenvalue weighted by molar-refractivity contribution is 9.10. The highest BCUT2D eigenvalue weighted by Gasteiger charge is 2.38. The number of anilines is 1. The fraction of sp³-hybridized carbons (Fsp3) is 0.385. The fourth-order valence-electron chi connectivity index (χ4n) is 5.13. The predicted molar refractivity (Wildman–Crippen MR) is 135 cm³/mol. The number of carbonyl (C=O) groups excluding carboxylic acids is 1. The lowest BCUT2D eigenvalue weighted by Gasteiger charge is -2.38. The number of carboxylic acids is 1. The summed E-state index contributed by atoms with van der Waals surface area (Å²) in [6.45, 7) is 2.33. The Balaban J connectivity index is 1.37. The predicted octanol–water partition coefficient (Wildman–Crippen LogP) is 4.60. The summed E-state index contributed by atoms with van der Waals surface area (Å²) in [7, 11) is 0. The highest BCUT2D eigenvalue weighted by atomic mass is 79.9. The molecule has 1 saturated heterocycles. The minimum Gasteiger partial charge on any atom is -0.481 e. The van der Waals surface area contributed by atoms with Crippen LogP contribution in [-0.2, 0) is 9.59 Å². The van der Waals surface area contributed by atoms with Gasteiger partial charge in [-0.1, -0.05) is 59.1 Å². The maximum absolute atomic E-state index is 13.2. The number of rotatable bonds is 4. The number of benzene rings is 2. The lowest BCUT2D eigenvalue weighted by Crippen LogP contribution is -2.52. The van der Waals surface area contributed by atoms with E-state index in [0.29, 0.717) is 45.0 Å². The van der Waals surface area contributed by atoms with Crippen molar-refractivity contribution in [3.05, 3.63) is 53.0 Å². The Kier molecular flexibility index (Phi) is 6.50. The first-order chi connectivity index (χ1) is 16.5. The molecule has 1 aromatic heterocycles. The molecule has 1 amide bonds. The molecular weight excluding hydrogens is 496 g/mol. The number of carboxylic acid groups (broad SMARTS) is 1. The van der Waals surface area contributed by atoms with E-state index in [-0.39, 0.29) is 5.91 Å². The van der Waals surface area contributed by atoms with E-state index in [1.807, 2.05) is 53.4 Å². The summed E-state index contributed by atoms with van der Waals surface area (Å²) in [5.74, 6) is -1.17. The summed E-state index contributed by atoms with van der Waals surface area (Å²) in [4.78, 5) is 38.6. The van der Waals surface area contributed by atoms with E-state index >= 15 is 0 Å². The van der Waals surface area contributed by atoms with Crippen LogP contribution in [0.1, 0.15) is 25.7 Å². The smallest absolute Gasteiger partial charge is 0.307 e. The molecule has 0 spiro atoms. The molecule has 0 bridgehead atoms. The second kappa shape index (κ2) is 9.70. The standard InChI is InChI=1S/C26H27BrN4O3/c27-18-10-11-22-21(16-18)23(17-6-2-1-3-7-17)29-26(28-22)31-14-12-30(13-15-31)24(32)19-8-4-5-9-20(19)25(33)34/h1-3,6-7,10-11,16,19-20H,4-5,8-9,12-15H2,(H,33,34)/t19-,20-/m0/s1. The van der Waals surface area contributed by atoms with Crippen LogP contribution in [0.5, 0.6) is 0 Å². The molecule has 1 aliphatic carbocycles. The van der Waals surface area contributed by atoms with Crippen LogP contribution in [0.2, 0.25) is 0 Å². The zero-order valence-electron chi connectivity index (χ0n) is 18.9. The number of carbonyl (C=O) groups is 2. The maximum Gasteiger partial charge on any atom is 0.307 e. The summed E-state index contributed by atoms with van der Waals surface area (Å²) in [5.41, 5.74) is 2.78. The highest BCUT2D eigenvalue weighted by Crippen LogP contribution is 2.33. The van der Waals surface area contributed by atoms with E-state index in [0.717, 1.165) is 39.5 Å². The minimum absolute atomic E-state index is 0.0130. The number of piperazine rings is 1. The molecule has 2 heterocycles. The van der Waals surface area contributed by atoms with Crippen LogP contribution in [0.15, 0.2) is 53.0 Å². The first-order valence-electron chi connectivity index (χ1n) is 11.8. The largest absolute Gasteiger partial charge is 0.481 e. The van der Waals surface area contributed by atoms with Crippen molar-refractivity contribution in [3.63, 3.8) is 0 Å². The summed E-state index contributed by atoms with van der Waals surface area (Å²) in [6, 6.07) is 16.1. The number of hydrogen-bond acceptors (Lipinski definition) is 5. The van der Waals surface area contributed by atoms with Gasteiger partial charge in [-0.15, -0.1) is 0 Å². The number of nitrogens with zero attached hydrogens (tertiary/aromatic N) is 4. The van der Waals surface area contributed by atoms with Crippen LogP contribution < -0.4 is 4.90 Å². The van der Waals surface area contributed by atoms with Gasteiger partial charge in [0.1, 0.15) is 0 Å². The van der Waals surface area contributed by atoms with E-state index in [1.165, 1.54) is 0 Å². The number of hydrogen-bond donors (Lipinski definition) is 1. The second-order valence-corrected chi connectivity index (χ2v) is 9.96. The van der Waals surface area contributed by atoms with Crippen molar-refractivity contribution in [2.24, 2.45) is 11.8 Å². The molecule has 176 valence electrons. The Morgan fingerprint density at radius 2 is 1.62 bits per heavy atom. The van der Waals surface area contributed by atoms with Crippen LogP contribution in [0.4, 0.5) is 5.95 Å². The molecule has 2 aliphatic rings. The molecule has 7 nitrogen and oxygen atoms in total. The van der Waals surface area contributed by atoms with Crippen LogP contribution >= 0.6 is 15.9 Å². The van der Waals surface area contributed by atoms with Gasteiger partial charge in [-0.2, -0.15) is 0 Å². The topological polar surface area (TPSA) is 86.6 Å². The van der Waals surface area contributed by atoms with E-state index in [2.05, 4.69) is 20.8 Å². The van der Waals surface area contributed by atoms with E-state index < -0.39 is 17.8 Å². The van der Waals surface area contributed by atoms with Gasteiger partial charge in [0.2, 0.25) is 11.9 Å². The third-order valence-electron chi connectivity index (χ3n) is 6.97. The van der Waals surface area contributed by atoms with Crippen molar-refractivity contribution in [1.29, 1.82) is 0 Å². The summed E-state index contributed by atoms with van der Waals surface area (Å²) in [5, 5.41) is 10.6. The van der Waals surface area contributed by atoms with Crippen molar-refractivity contribution < 1.29 is 14.7 Å². The van der Waals surface area contributed by atoms with Gasteiger partial charge in [0.25, 0.3) is 0 Å². The number of aromatic nitrogens is 2. The molecule has 1 N–H and O–H groups in total. The fourth-order valence-corrected chi connectivity index (χ4v) is 5.49. The van der Waals surface area contributed by atoms with Crippen molar-refractivity contribution in [2.75, 3.05) is 31.1 Å². The normalized spacial score (nSPS) is 21.0. The van der Waals surface area contributed by atoms with Gasteiger partial charge >= 0.3 is 5.97 Å². The summed E-state index contributed by atoms with van der Waals surface area (Å²) in [6.07, 6.45) is 3.06. The van der Waals surface area contributed by atoms with E-state index in [4.69, 9.17) is 9.97 Å². The molecule has 8 heteroatoms. The van der Waals surface area contributed by atoms with Gasteiger partial charge in [-0.05, 0) is 31.0 Å². The van der Waals surface area contributed by atoms with E-state index in [9.17, 15) is 14.7 Å². The maximum atomic E-state index is 13.2. The lowest BCUT2D eigenvalue weighted by atomic mass is 9.78. The monoisotopic (exact) mass is 522 g/mol. The molecule has 1 aliphatic heterocycles. The number of aliphatic carboxylic acids is 1. The third kappa shape index (κ3) is 4.51. The van der Waals surface area contributed by atoms with Gasteiger partial charge < -0.3 is 14.9 Å². The first-order valence-corrected chi connectivity index (χ1v) is 12.6. The van der Waals surface area contributed by atoms with Gasteiger partial charge in [0.05, 0.1) is 23.0 Å². The first kappa shape index (κ1) is 22.8. The van der Waals surface area contributed by atoms with Gasteiger partial charge in [-0.25, -0.2) is 9.97 Å². The van der Waals surface area contributed by atoms with Gasteiger partial charge in [0, 0.05) is 41.6 Å². The van der Waals surface area contributed by atoms with Crippen molar-refractivity contribution in [3.8, 4) is 11.3 Å². The molecule has 2 atom stereocenters. The lowest BCUT2D eigenvalue weighted by molar-refractivity contribution is -0.152. The van der Waals surface area contributed by atoms with Crippen LogP contribution in [0.3, 0.4) is 0 Å². The zero-order chi connectivity index (χ0) is 23.7. The average molecular weight is 523 g/mol. The SMILES string of the molecule is O=C(O)[C@H]1CCCC[C@@H]1C(=O)N1CCN(c2nc(-c3ccccc3)c3cc(Br)ccc3n2)CC1. The van der Waals surface area contributed by atoms with Crippen LogP contribution in [0, 0.1) is 11.8 Å². The number of amides is 1. The molecule has 0 unspecified atom stereocenters. The van der Waals surface area contributed by atoms with Gasteiger partial charge in [0.15, 0.2) is 0 Å². The Hall–Kier alpha value is -3.00. The van der Waals surface area contributed by atoms with Crippen LogP contribution in [0.25, 0.3) is 22.2 Å². The minimum atomic E-state index is -0.846. The van der Waals surface area contributed by atoms with Crippen molar-refractivity contribution in [2.45, 2.75) is 25.7 Å². The molecule has 2 fully saturated rings. The Morgan fingerprint density at radius 1 is 0.912 bits per heavy atom. The molecular formula is C26H27BrN4O3. The molecule has 5 rings (SSSR count). The molecule has 2 aromatic carbocycles. The van der Waals surface area contributed by atoms with Crippen molar-refractivity contribution in [1.82, 2.24) is 14.9 Å². The summed E-state index contributed by atoms with van der Waals surface area (Å²) < 4.78 is 0.975. The zero-order valence-corrected chi connectivity index (χ0v) is 20.4. The van der Waals surface area contributed by atoms with Gasteiger partial charge in [-0.3, -0.25) is 9.59 Å². The quantitative estimate of drug-likeness (QED) is 0.538. The van der Waals surface area contributed by atoms with Crippen LogP contribution in [-0.4, -0.2) is 58.0 Å². The van der Waals surface area contributed by atoms with E-state index in [1.54, 1.807) is 0 Å². The molecule has 34 heavy (non-hydrogen) atoms. The molecule has 0 radical (unpaired) electrons. The Morgan fingerprint density at radius 3 is 2.32 bits per heavy atom. The Bertz CT molecular complexity index is 1210. The number of fused-ring (bicyclic) bond motifs is 1. The second-order valence-electron chi connectivity index (χ2n) is 9.05.